The highest BCUT2D eigenvalue weighted by molar-refractivity contribution is 5.89. The number of piperidine rings is 1. The number of carboxylic acids is 1. The largest absolute Gasteiger partial charge is 0.480 e. The summed E-state index contributed by atoms with van der Waals surface area (Å²) < 4.78 is 0. The quantitative estimate of drug-likeness (QED) is 0.708. The van der Waals surface area contributed by atoms with Crippen LogP contribution in [0.15, 0.2) is 0 Å². The molecule has 2 amide bonds. The Bertz CT molecular complexity index is 413. The van der Waals surface area contributed by atoms with Gasteiger partial charge in [0.15, 0.2) is 0 Å². The molecule has 2 fully saturated rings. The van der Waals surface area contributed by atoms with E-state index in [4.69, 9.17) is 0 Å². The summed E-state index contributed by atoms with van der Waals surface area (Å²) in [6.07, 6.45) is 3.60. The van der Waals surface area contributed by atoms with Gasteiger partial charge in [-0.15, -0.1) is 0 Å². The number of hydrogen-bond donors (Lipinski definition) is 3. The van der Waals surface area contributed by atoms with E-state index in [1.165, 1.54) is 0 Å². The van der Waals surface area contributed by atoms with Crippen molar-refractivity contribution in [3.63, 3.8) is 0 Å². The van der Waals surface area contributed by atoms with E-state index in [0.29, 0.717) is 38.1 Å². The van der Waals surface area contributed by atoms with Crippen molar-refractivity contribution < 1.29 is 19.5 Å². The first kappa shape index (κ1) is 14.8. The summed E-state index contributed by atoms with van der Waals surface area (Å²) >= 11 is 0. The van der Waals surface area contributed by atoms with Gasteiger partial charge in [-0.1, -0.05) is 19.8 Å². The van der Waals surface area contributed by atoms with Crippen molar-refractivity contribution in [3.8, 4) is 0 Å². The average Bonchev–Trinajstić information content (AvgIpc) is 2.39. The van der Waals surface area contributed by atoms with E-state index in [1.54, 1.807) is 0 Å². The zero-order chi connectivity index (χ0) is 14.8. The van der Waals surface area contributed by atoms with E-state index >= 15 is 0 Å². The van der Waals surface area contributed by atoms with Crippen molar-refractivity contribution in [2.45, 2.75) is 51.0 Å². The second-order valence-corrected chi connectivity index (χ2v) is 6.12. The van der Waals surface area contributed by atoms with Crippen LogP contribution in [0.3, 0.4) is 0 Å². The van der Waals surface area contributed by atoms with E-state index < -0.39 is 11.5 Å². The van der Waals surface area contributed by atoms with Gasteiger partial charge in [0, 0.05) is 13.0 Å². The lowest BCUT2D eigenvalue weighted by Gasteiger charge is -2.38. The van der Waals surface area contributed by atoms with E-state index in [-0.39, 0.29) is 17.7 Å². The highest BCUT2D eigenvalue weighted by atomic mass is 16.4. The monoisotopic (exact) mass is 282 g/mol. The molecule has 1 aliphatic carbocycles. The number of amides is 2. The first-order chi connectivity index (χ1) is 9.43. The fourth-order valence-electron chi connectivity index (χ4n) is 3.21. The van der Waals surface area contributed by atoms with Gasteiger partial charge in [-0.05, 0) is 25.2 Å². The lowest BCUT2D eigenvalue weighted by atomic mass is 9.76. The van der Waals surface area contributed by atoms with Crippen LogP contribution in [-0.4, -0.2) is 35.0 Å². The minimum absolute atomic E-state index is 0.0479. The van der Waals surface area contributed by atoms with E-state index in [0.717, 1.165) is 12.8 Å². The molecule has 1 saturated carbocycles. The molecular formula is C14H22N2O4. The molecule has 1 aliphatic heterocycles. The van der Waals surface area contributed by atoms with Gasteiger partial charge < -0.3 is 15.7 Å². The summed E-state index contributed by atoms with van der Waals surface area (Å²) in [7, 11) is 0. The molecule has 1 heterocycles. The minimum atomic E-state index is -1.13. The highest BCUT2D eigenvalue weighted by Gasteiger charge is 2.44. The predicted octanol–water partition coefficient (Wildman–Crippen LogP) is 0.662. The third kappa shape index (κ3) is 3.11. The SMILES string of the molecule is CC1CCCC(NC(=O)C2CCC(=O)NC2)(C(=O)O)C1. The molecule has 0 aromatic heterocycles. The lowest BCUT2D eigenvalue weighted by Crippen LogP contribution is -2.59. The van der Waals surface area contributed by atoms with Crippen LogP contribution in [0.5, 0.6) is 0 Å². The first-order valence-electron chi connectivity index (χ1n) is 7.25. The van der Waals surface area contributed by atoms with Gasteiger partial charge in [0.25, 0.3) is 0 Å². The second-order valence-electron chi connectivity index (χ2n) is 6.12. The Kier molecular flexibility index (Phi) is 4.30. The Hall–Kier alpha value is -1.59. The van der Waals surface area contributed by atoms with Gasteiger partial charge in [0.2, 0.25) is 11.8 Å². The molecule has 20 heavy (non-hydrogen) atoms. The minimum Gasteiger partial charge on any atom is -0.480 e. The van der Waals surface area contributed by atoms with Crippen molar-refractivity contribution in [3.05, 3.63) is 0 Å². The average molecular weight is 282 g/mol. The Morgan fingerprint density at radius 2 is 2.15 bits per heavy atom. The zero-order valence-corrected chi connectivity index (χ0v) is 11.8. The number of hydrogen-bond acceptors (Lipinski definition) is 3. The first-order valence-corrected chi connectivity index (χ1v) is 7.25. The molecule has 112 valence electrons. The van der Waals surface area contributed by atoms with Crippen LogP contribution in [-0.2, 0) is 14.4 Å². The standard InChI is InChI=1S/C14H22N2O4/c1-9-3-2-6-14(7-9,13(19)20)16-12(18)10-4-5-11(17)15-8-10/h9-10H,2-8H2,1H3,(H,15,17)(H,16,18)(H,19,20). The van der Waals surface area contributed by atoms with Gasteiger partial charge in [-0.2, -0.15) is 0 Å². The molecule has 3 N–H and O–H groups in total. The zero-order valence-electron chi connectivity index (χ0n) is 11.8. The molecule has 0 aromatic rings. The summed E-state index contributed by atoms with van der Waals surface area (Å²) in [5.74, 6) is -1.26. The summed E-state index contributed by atoms with van der Waals surface area (Å²) in [6, 6.07) is 0. The maximum atomic E-state index is 12.3. The van der Waals surface area contributed by atoms with Crippen molar-refractivity contribution >= 4 is 17.8 Å². The van der Waals surface area contributed by atoms with Gasteiger partial charge >= 0.3 is 5.97 Å². The molecule has 3 atom stereocenters. The van der Waals surface area contributed by atoms with Crippen LogP contribution < -0.4 is 10.6 Å². The molecule has 0 spiro atoms. The van der Waals surface area contributed by atoms with E-state index in [1.807, 2.05) is 6.92 Å². The highest BCUT2D eigenvalue weighted by Crippen LogP contribution is 2.33. The molecule has 0 bridgehead atoms. The van der Waals surface area contributed by atoms with E-state index in [9.17, 15) is 19.5 Å². The molecule has 2 aliphatic rings. The second kappa shape index (κ2) is 5.81. The Balaban J connectivity index is 2.02. The fraction of sp³-hybridized carbons (Fsp3) is 0.786. The van der Waals surface area contributed by atoms with Gasteiger partial charge in [0.1, 0.15) is 5.54 Å². The maximum absolute atomic E-state index is 12.3. The molecule has 0 aromatic carbocycles. The van der Waals surface area contributed by atoms with Gasteiger partial charge in [-0.25, -0.2) is 4.79 Å². The van der Waals surface area contributed by atoms with E-state index in [2.05, 4.69) is 10.6 Å². The molecule has 6 heteroatoms. The summed E-state index contributed by atoms with van der Waals surface area (Å²) in [4.78, 5) is 35.0. The van der Waals surface area contributed by atoms with Crippen molar-refractivity contribution in [1.29, 1.82) is 0 Å². The lowest BCUT2D eigenvalue weighted by molar-refractivity contribution is -0.151. The van der Waals surface area contributed by atoms with Crippen molar-refractivity contribution in [1.82, 2.24) is 10.6 Å². The number of carbonyl (C=O) groups excluding carboxylic acids is 2. The Morgan fingerprint density at radius 1 is 1.40 bits per heavy atom. The number of rotatable bonds is 3. The summed E-state index contributed by atoms with van der Waals surface area (Å²) in [6.45, 7) is 2.32. The Morgan fingerprint density at radius 3 is 2.70 bits per heavy atom. The third-order valence-corrected chi connectivity index (χ3v) is 4.41. The van der Waals surface area contributed by atoms with Crippen LogP contribution in [0, 0.1) is 11.8 Å². The topological polar surface area (TPSA) is 95.5 Å². The fourth-order valence-corrected chi connectivity index (χ4v) is 3.21. The third-order valence-electron chi connectivity index (χ3n) is 4.41. The number of aliphatic carboxylic acids is 1. The summed E-state index contributed by atoms with van der Waals surface area (Å²) in [5.41, 5.74) is -1.13. The molecule has 0 radical (unpaired) electrons. The molecule has 3 unspecified atom stereocenters. The number of carbonyl (C=O) groups is 3. The normalized spacial score (nSPS) is 34.1. The van der Waals surface area contributed by atoms with Gasteiger partial charge in [-0.3, -0.25) is 9.59 Å². The predicted molar refractivity (Wildman–Crippen MR) is 71.9 cm³/mol. The Labute approximate surface area is 118 Å². The molecule has 2 rings (SSSR count). The van der Waals surface area contributed by atoms with Crippen LogP contribution in [0.2, 0.25) is 0 Å². The molecule has 6 nitrogen and oxygen atoms in total. The van der Waals surface area contributed by atoms with Crippen molar-refractivity contribution in [2.24, 2.45) is 11.8 Å². The number of nitrogens with one attached hydrogen (secondary N) is 2. The molecular weight excluding hydrogens is 260 g/mol. The van der Waals surface area contributed by atoms with Crippen LogP contribution >= 0.6 is 0 Å². The maximum Gasteiger partial charge on any atom is 0.329 e. The van der Waals surface area contributed by atoms with Gasteiger partial charge in [0.05, 0.1) is 5.92 Å². The van der Waals surface area contributed by atoms with Crippen molar-refractivity contribution in [2.75, 3.05) is 6.54 Å². The van der Waals surface area contributed by atoms with Crippen LogP contribution in [0.1, 0.15) is 45.4 Å². The molecule has 1 saturated heterocycles. The van der Waals surface area contributed by atoms with Crippen LogP contribution in [0.4, 0.5) is 0 Å². The van der Waals surface area contributed by atoms with Crippen LogP contribution in [0.25, 0.3) is 0 Å². The summed E-state index contributed by atoms with van der Waals surface area (Å²) in [5, 5.41) is 14.9. The smallest absolute Gasteiger partial charge is 0.329 e. The number of carboxylic acid groups (broad SMARTS) is 1.